The van der Waals surface area contributed by atoms with Crippen LogP contribution in [0.25, 0.3) is 0 Å². The fourth-order valence-electron chi connectivity index (χ4n) is 4.81. The summed E-state index contributed by atoms with van der Waals surface area (Å²) in [6, 6.07) is 13.4. The Morgan fingerprint density at radius 3 is 2.41 bits per heavy atom. The molecule has 1 aromatic carbocycles. The fraction of sp³-hybridized carbons (Fsp3) is 0.545. The molecular weight excluding hydrogens is 368 g/mol. The minimum absolute atomic E-state index is 0.403. The van der Waals surface area contributed by atoms with Gasteiger partial charge in [-0.15, -0.1) is 0 Å². The molecule has 2 saturated heterocycles. The molecule has 150 valence electrons. The van der Waals surface area contributed by atoms with Crippen LogP contribution in [0.5, 0.6) is 5.75 Å². The molecule has 1 N–H and O–H groups in total. The SMILES string of the molecule is CCCCCC1OC2(C)OC(=N)C(C#N)(C2c2ccccc2OC)C1(C#N)C#N. The standard InChI is InChI=1S/C22H24N4O3/c1-4-5-6-11-17-21(12-23,13-24)22(14-25)18(20(2,28-17)29-19(22)26)15-9-7-8-10-16(15)27-3/h7-10,17-18,26H,4-6,11H2,1-3H3. The lowest BCUT2D eigenvalue weighted by Gasteiger charge is -2.49. The van der Waals surface area contributed by atoms with Crippen molar-refractivity contribution >= 4 is 5.90 Å². The average molecular weight is 392 g/mol. The quantitative estimate of drug-likeness (QED) is 0.729. The maximum absolute atomic E-state index is 10.4. The Morgan fingerprint density at radius 1 is 1.14 bits per heavy atom. The van der Waals surface area contributed by atoms with Crippen LogP contribution in [0.1, 0.15) is 51.0 Å². The Kier molecular flexibility index (Phi) is 5.26. The Balaban J connectivity index is 2.27. The molecule has 4 unspecified atom stereocenters. The van der Waals surface area contributed by atoms with Gasteiger partial charge in [0.05, 0.1) is 37.3 Å². The van der Waals surface area contributed by atoms with Crippen LogP contribution in [0.2, 0.25) is 0 Å². The predicted octanol–water partition coefficient (Wildman–Crippen LogP) is 4.03. The summed E-state index contributed by atoms with van der Waals surface area (Å²) in [4.78, 5) is 0. The summed E-state index contributed by atoms with van der Waals surface area (Å²) >= 11 is 0. The Bertz CT molecular complexity index is 927. The smallest absolute Gasteiger partial charge is 0.218 e. The van der Waals surface area contributed by atoms with E-state index in [1.54, 1.807) is 31.2 Å². The van der Waals surface area contributed by atoms with Gasteiger partial charge in [-0.2, -0.15) is 15.8 Å². The molecular formula is C22H24N4O3. The first kappa shape index (κ1) is 20.6. The highest BCUT2D eigenvalue weighted by Crippen LogP contribution is 2.67. The van der Waals surface area contributed by atoms with E-state index in [-0.39, 0.29) is 0 Å². The number of para-hydroxylation sites is 1. The Labute approximate surface area is 170 Å². The van der Waals surface area contributed by atoms with Crippen molar-refractivity contribution in [3.05, 3.63) is 29.8 Å². The summed E-state index contributed by atoms with van der Waals surface area (Å²) in [7, 11) is 1.51. The largest absolute Gasteiger partial charge is 0.496 e. The zero-order valence-corrected chi connectivity index (χ0v) is 16.9. The van der Waals surface area contributed by atoms with Crippen LogP contribution >= 0.6 is 0 Å². The van der Waals surface area contributed by atoms with E-state index < -0.39 is 34.5 Å². The molecule has 29 heavy (non-hydrogen) atoms. The van der Waals surface area contributed by atoms with Gasteiger partial charge < -0.3 is 14.2 Å². The number of ether oxygens (including phenoxy) is 3. The average Bonchev–Trinajstić information content (AvgIpc) is 2.91. The van der Waals surface area contributed by atoms with Gasteiger partial charge in [-0.05, 0) is 12.5 Å². The van der Waals surface area contributed by atoms with Gasteiger partial charge in [0.2, 0.25) is 11.7 Å². The number of fused-ring (bicyclic) bond motifs is 2. The number of benzene rings is 1. The van der Waals surface area contributed by atoms with Gasteiger partial charge >= 0.3 is 0 Å². The third-order valence-electron chi connectivity index (χ3n) is 6.15. The highest BCUT2D eigenvalue weighted by atomic mass is 16.7. The number of nitrogens with one attached hydrogen (secondary N) is 1. The van der Waals surface area contributed by atoms with Crippen molar-refractivity contribution in [1.82, 2.24) is 0 Å². The number of rotatable bonds is 6. The number of nitrogens with zero attached hydrogens (tertiary/aromatic N) is 3. The van der Waals surface area contributed by atoms with Gasteiger partial charge in [0.15, 0.2) is 10.8 Å². The maximum atomic E-state index is 10.4. The molecule has 2 bridgehead atoms. The number of unbranched alkanes of at least 4 members (excludes halogenated alkanes) is 2. The van der Waals surface area contributed by atoms with Gasteiger partial charge in [-0.25, -0.2) is 0 Å². The van der Waals surface area contributed by atoms with E-state index in [0.29, 0.717) is 17.7 Å². The summed E-state index contributed by atoms with van der Waals surface area (Å²) in [5.74, 6) is -2.15. The lowest BCUT2D eigenvalue weighted by atomic mass is 9.52. The van der Waals surface area contributed by atoms with Gasteiger partial charge in [-0.1, -0.05) is 44.4 Å². The Hall–Kier alpha value is -3.08. The lowest BCUT2D eigenvalue weighted by Crippen LogP contribution is -2.60. The van der Waals surface area contributed by atoms with Crippen molar-refractivity contribution in [3.63, 3.8) is 0 Å². The second-order valence-corrected chi connectivity index (χ2v) is 7.68. The van der Waals surface area contributed by atoms with Crippen LogP contribution in [0.4, 0.5) is 0 Å². The molecule has 0 saturated carbocycles. The normalized spacial score (nSPS) is 31.8. The van der Waals surface area contributed by atoms with Gasteiger partial charge in [0.1, 0.15) is 5.75 Å². The van der Waals surface area contributed by atoms with Crippen LogP contribution in [0.3, 0.4) is 0 Å². The molecule has 7 heteroatoms. The minimum Gasteiger partial charge on any atom is -0.496 e. The zero-order chi connectivity index (χ0) is 21.3. The number of methoxy groups -OCH3 is 1. The third kappa shape index (κ3) is 2.60. The van der Waals surface area contributed by atoms with E-state index in [9.17, 15) is 15.8 Å². The number of nitriles is 3. The number of hydrogen-bond acceptors (Lipinski definition) is 7. The summed E-state index contributed by atoms with van der Waals surface area (Å²) in [6.45, 7) is 3.73. The molecule has 2 fully saturated rings. The molecule has 3 rings (SSSR count). The summed E-state index contributed by atoms with van der Waals surface area (Å²) in [6.07, 6.45) is 2.22. The van der Waals surface area contributed by atoms with E-state index in [4.69, 9.17) is 19.6 Å². The zero-order valence-electron chi connectivity index (χ0n) is 16.9. The fourth-order valence-corrected chi connectivity index (χ4v) is 4.81. The van der Waals surface area contributed by atoms with E-state index in [1.165, 1.54) is 7.11 Å². The van der Waals surface area contributed by atoms with Gasteiger partial charge in [0.25, 0.3) is 0 Å². The summed E-state index contributed by atoms with van der Waals surface area (Å²) in [5, 5.41) is 39.3. The molecule has 0 spiro atoms. The van der Waals surface area contributed by atoms with Gasteiger partial charge in [-0.3, -0.25) is 5.41 Å². The molecule has 1 aromatic rings. The number of hydrogen-bond donors (Lipinski definition) is 1. The first-order valence-electron chi connectivity index (χ1n) is 9.73. The van der Waals surface area contributed by atoms with Crippen molar-refractivity contribution in [2.24, 2.45) is 10.8 Å². The first-order valence-corrected chi connectivity index (χ1v) is 9.73. The van der Waals surface area contributed by atoms with Crippen LogP contribution in [-0.2, 0) is 9.47 Å². The van der Waals surface area contributed by atoms with E-state index >= 15 is 0 Å². The topological polar surface area (TPSA) is 123 Å². The van der Waals surface area contributed by atoms with Gasteiger partial charge in [0, 0.05) is 12.5 Å². The second kappa shape index (κ2) is 7.39. The maximum Gasteiger partial charge on any atom is 0.218 e. The van der Waals surface area contributed by atoms with Crippen molar-refractivity contribution < 1.29 is 14.2 Å². The molecule has 0 aliphatic carbocycles. The minimum atomic E-state index is -1.88. The molecule has 2 heterocycles. The molecule has 0 radical (unpaired) electrons. The molecule has 2 aliphatic rings. The van der Waals surface area contributed by atoms with Crippen molar-refractivity contribution in [2.75, 3.05) is 7.11 Å². The summed E-state index contributed by atoms with van der Waals surface area (Å²) in [5.41, 5.74) is -3.12. The molecule has 4 atom stereocenters. The summed E-state index contributed by atoms with van der Waals surface area (Å²) < 4.78 is 17.5. The van der Waals surface area contributed by atoms with E-state index in [1.807, 2.05) is 0 Å². The highest BCUT2D eigenvalue weighted by molar-refractivity contribution is 5.90. The highest BCUT2D eigenvalue weighted by Gasteiger charge is 2.79. The molecule has 7 nitrogen and oxygen atoms in total. The lowest BCUT2D eigenvalue weighted by molar-refractivity contribution is -0.252. The monoisotopic (exact) mass is 392 g/mol. The van der Waals surface area contributed by atoms with Crippen LogP contribution < -0.4 is 4.74 Å². The van der Waals surface area contributed by atoms with Crippen LogP contribution in [0, 0.1) is 50.2 Å². The third-order valence-corrected chi connectivity index (χ3v) is 6.15. The van der Waals surface area contributed by atoms with Crippen molar-refractivity contribution in [1.29, 1.82) is 21.2 Å². The first-order chi connectivity index (χ1) is 13.9. The van der Waals surface area contributed by atoms with Crippen molar-refractivity contribution in [3.8, 4) is 24.0 Å². The molecule has 0 aromatic heterocycles. The molecule has 2 aliphatic heterocycles. The van der Waals surface area contributed by atoms with Crippen LogP contribution in [0.15, 0.2) is 24.3 Å². The second-order valence-electron chi connectivity index (χ2n) is 7.68. The predicted molar refractivity (Wildman–Crippen MR) is 104 cm³/mol. The van der Waals surface area contributed by atoms with E-state index in [2.05, 4.69) is 25.1 Å². The van der Waals surface area contributed by atoms with Crippen molar-refractivity contribution in [2.45, 2.75) is 57.3 Å². The van der Waals surface area contributed by atoms with Crippen LogP contribution in [-0.4, -0.2) is 24.9 Å². The van der Waals surface area contributed by atoms with E-state index in [0.717, 1.165) is 19.3 Å². The Morgan fingerprint density at radius 2 is 1.83 bits per heavy atom. The molecule has 0 amide bonds.